The zero-order valence-corrected chi connectivity index (χ0v) is 15.8. The molecule has 0 spiro atoms. The molecule has 6 nitrogen and oxygen atoms in total. The highest BCUT2D eigenvalue weighted by Crippen LogP contribution is 2.21. The second-order valence-electron chi connectivity index (χ2n) is 4.72. The van der Waals surface area contributed by atoms with Crippen LogP contribution in [-0.2, 0) is 11.3 Å². The van der Waals surface area contributed by atoms with Gasteiger partial charge >= 0.3 is 5.97 Å². The zero-order valence-electron chi connectivity index (χ0n) is 13.5. The number of anilines is 1. The van der Waals surface area contributed by atoms with Crippen LogP contribution in [0.4, 0.5) is 5.69 Å². The summed E-state index contributed by atoms with van der Waals surface area (Å²) in [7, 11) is 2.83. The van der Waals surface area contributed by atoms with Crippen LogP contribution < -0.4 is 15.8 Å². The average molecular weight is 441 g/mol. The van der Waals surface area contributed by atoms with Crippen LogP contribution in [-0.4, -0.2) is 26.1 Å². The van der Waals surface area contributed by atoms with Crippen LogP contribution in [0.1, 0.15) is 15.9 Å². The van der Waals surface area contributed by atoms with Gasteiger partial charge in [-0.25, -0.2) is 9.79 Å². The number of para-hydroxylation sites is 1. The van der Waals surface area contributed by atoms with Crippen molar-refractivity contribution in [2.75, 3.05) is 19.5 Å². The number of hydrogen-bond acceptors (Lipinski definition) is 4. The summed E-state index contributed by atoms with van der Waals surface area (Å²) >= 11 is 0. The highest BCUT2D eigenvalue weighted by molar-refractivity contribution is 14.0. The number of benzene rings is 2. The van der Waals surface area contributed by atoms with Crippen LogP contribution in [0.15, 0.2) is 53.5 Å². The molecule has 0 aliphatic carbocycles. The Hall–Kier alpha value is -2.29. The molecule has 3 N–H and O–H groups in total. The van der Waals surface area contributed by atoms with E-state index in [2.05, 4.69) is 10.3 Å². The second kappa shape index (κ2) is 9.76. The minimum absolute atomic E-state index is 0. The highest BCUT2D eigenvalue weighted by atomic mass is 127. The van der Waals surface area contributed by atoms with Crippen molar-refractivity contribution in [1.82, 2.24) is 0 Å². The van der Waals surface area contributed by atoms with Crippen molar-refractivity contribution in [2.45, 2.75) is 6.54 Å². The normalized spacial score (nSPS) is 10.5. The van der Waals surface area contributed by atoms with Crippen LogP contribution >= 0.6 is 24.0 Å². The van der Waals surface area contributed by atoms with Crippen molar-refractivity contribution in [2.24, 2.45) is 10.7 Å². The molecular weight excluding hydrogens is 421 g/mol. The van der Waals surface area contributed by atoms with Crippen molar-refractivity contribution in [3.8, 4) is 5.75 Å². The molecule has 0 aliphatic heterocycles. The first kappa shape index (κ1) is 19.8. The largest absolute Gasteiger partial charge is 0.496 e. The Labute approximate surface area is 158 Å². The smallest absolute Gasteiger partial charge is 0.341 e. The number of nitrogens with zero attached hydrogens (tertiary/aromatic N) is 1. The maximum Gasteiger partial charge on any atom is 0.341 e. The molecule has 2 aromatic rings. The molecule has 0 atom stereocenters. The molecule has 0 fully saturated rings. The topological polar surface area (TPSA) is 85.9 Å². The van der Waals surface area contributed by atoms with E-state index in [0.29, 0.717) is 23.8 Å². The van der Waals surface area contributed by atoms with E-state index in [9.17, 15) is 4.79 Å². The summed E-state index contributed by atoms with van der Waals surface area (Å²) in [6.07, 6.45) is 0. The first-order chi connectivity index (χ1) is 11.1. The lowest BCUT2D eigenvalue weighted by atomic mass is 10.1. The van der Waals surface area contributed by atoms with Crippen molar-refractivity contribution >= 4 is 41.6 Å². The van der Waals surface area contributed by atoms with E-state index in [1.165, 1.54) is 14.2 Å². The van der Waals surface area contributed by atoms with Gasteiger partial charge in [-0.3, -0.25) is 0 Å². The Kier molecular flexibility index (Phi) is 8.03. The van der Waals surface area contributed by atoms with Gasteiger partial charge in [-0.1, -0.05) is 24.3 Å². The number of esters is 1. The van der Waals surface area contributed by atoms with Gasteiger partial charge in [0.1, 0.15) is 11.3 Å². The summed E-state index contributed by atoms with van der Waals surface area (Å²) in [6.45, 7) is 0.333. The molecule has 2 aromatic carbocycles. The predicted octanol–water partition coefficient (Wildman–Crippen LogP) is 3.03. The molecule has 24 heavy (non-hydrogen) atoms. The Morgan fingerprint density at radius 2 is 1.88 bits per heavy atom. The van der Waals surface area contributed by atoms with Gasteiger partial charge in [-0.05, 0) is 29.8 Å². The summed E-state index contributed by atoms with van der Waals surface area (Å²) in [5.74, 6) is 0.301. The molecule has 128 valence electrons. The molecule has 0 unspecified atom stereocenters. The maximum atomic E-state index is 11.7. The van der Waals surface area contributed by atoms with Gasteiger partial charge in [0.05, 0.1) is 20.8 Å². The number of carbonyl (C=O) groups excluding carboxylic acids is 1. The van der Waals surface area contributed by atoms with Gasteiger partial charge in [0, 0.05) is 5.69 Å². The van der Waals surface area contributed by atoms with E-state index in [1.54, 1.807) is 12.1 Å². The number of aliphatic imine (C=N–C) groups is 1. The van der Waals surface area contributed by atoms with E-state index in [1.807, 2.05) is 36.4 Å². The Balaban J connectivity index is 0.00000288. The third-order valence-corrected chi connectivity index (χ3v) is 3.15. The van der Waals surface area contributed by atoms with E-state index < -0.39 is 5.97 Å². The lowest BCUT2D eigenvalue weighted by Gasteiger charge is -2.09. The van der Waals surface area contributed by atoms with E-state index in [4.69, 9.17) is 15.2 Å². The number of carbonyl (C=O) groups is 1. The summed E-state index contributed by atoms with van der Waals surface area (Å²) in [5.41, 5.74) is 7.90. The molecule has 0 aliphatic rings. The van der Waals surface area contributed by atoms with Crippen LogP contribution in [0.25, 0.3) is 0 Å². The molecule has 0 amide bonds. The Morgan fingerprint density at radius 3 is 2.50 bits per heavy atom. The van der Waals surface area contributed by atoms with E-state index in [0.717, 1.165) is 11.3 Å². The van der Waals surface area contributed by atoms with Crippen LogP contribution in [0.5, 0.6) is 5.75 Å². The molecule has 0 bridgehead atoms. The lowest BCUT2D eigenvalue weighted by molar-refractivity contribution is 0.0597. The summed E-state index contributed by atoms with van der Waals surface area (Å²) in [5, 5.41) is 2.99. The zero-order chi connectivity index (χ0) is 16.7. The fraction of sp³-hybridized carbons (Fsp3) is 0.176. The first-order valence-electron chi connectivity index (χ1n) is 7.01. The second-order valence-corrected chi connectivity index (χ2v) is 4.72. The number of nitrogens with one attached hydrogen (secondary N) is 1. The number of guanidine groups is 1. The molecular formula is C17H20IN3O3. The molecule has 0 saturated heterocycles. The quantitative estimate of drug-likeness (QED) is 0.323. The first-order valence-corrected chi connectivity index (χ1v) is 7.01. The molecule has 0 heterocycles. The molecule has 0 radical (unpaired) electrons. The van der Waals surface area contributed by atoms with E-state index in [-0.39, 0.29) is 24.0 Å². The number of ether oxygens (including phenoxy) is 2. The Morgan fingerprint density at radius 1 is 1.17 bits per heavy atom. The van der Waals surface area contributed by atoms with Crippen LogP contribution in [0.3, 0.4) is 0 Å². The predicted molar refractivity (Wildman–Crippen MR) is 105 cm³/mol. The maximum absolute atomic E-state index is 11.7. The molecule has 0 aromatic heterocycles. The minimum Gasteiger partial charge on any atom is -0.496 e. The van der Waals surface area contributed by atoms with Gasteiger partial charge in [0.15, 0.2) is 5.96 Å². The lowest BCUT2D eigenvalue weighted by Crippen LogP contribution is -2.22. The van der Waals surface area contributed by atoms with E-state index >= 15 is 0 Å². The summed E-state index contributed by atoms with van der Waals surface area (Å²) in [4.78, 5) is 16.0. The molecule has 0 saturated carbocycles. The number of nitrogens with two attached hydrogens (primary N) is 1. The average Bonchev–Trinajstić information content (AvgIpc) is 2.60. The molecule has 7 heteroatoms. The van der Waals surface area contributed by atoms with Crippen molar-refractivity contribution < 1.29 is 14.3 Å². The van der Waals surface area contributed by atoms with Crippen molar-refractivity contribution in [3.63, 3.8) is 0 Å². The SMILES string of the molecule is COC(=O)c1cc(CN=C(N)Nc2ccccc2)ccc1OC.I. The highest BCUT2D eigenvalue weighted by Gasteiger charge is 2.13. The number of methoxy groups -OCH3 is 2. The third-order valence-electron chi connectivity index (χ3n) is 3.15. The van der Waals surface area contributed by atoms with Crippen molar-refractivity contribution in [1.29, 1.82) is 0 Å². The summed E-state index contributed by atoms with van der Waals surface area (Å²) < 4.78 is 9.90. The van der Waals surface area contributed by atoms with Crippen LogP contribution in [0.2, 0.25) is 0 Å². The minimum atomic E-state index is -0.455. The van der Waals surface area contributed by atoms with Gasteiger partial charge in [0.2, 0.25) is 0 Å². The van der Waals surface area contributed by atoms with Gasteiger partial charge < -0.3 is 20.5 Å². The Bertz CT molecular complexity index is 705. The number of halogens is 1. The van der Waals surface area contributed by atoms with Gasteiger partial charge in [-0.2, -0.15) is 0 Å². The van der Waals surface area contributed by atoms with Gasteiger partial charge in [-0.15, -0.1) is 24.0 Å². The monoisotopic (exact) mass is 441 g/mol. The van der Waals surface area contributed by atoms with Crippen molar-refractivity contribution in [3.05, 3.63) is 59.7 Å². The fourth-order valence-corrected chi connectivity index (χ4v) is 2.01. The van der Waals surface area contributed by atoms with Gasteiger partial charge in [0.25, 0.3) is 0 Å². The number of rotatable bonds is 5. The fourth-order valence-electron chi connectivity index (χ4n) is 2.01. The summed E-state index contributed by atoms with van der Waals surface area (Å²) in [6, 6.07) is 14.7. The van der Waals surface area contributed by atoms with Crippen LogP contribution in [0, 0.1) is 0 Å². The third kappa shape index (κ3) is 5.41. The standard InChI is InChI=1S/C17H19N3O3.HI/c1-22-15-9-8-12(10-14(15)16(21)23-2)11-19-17(18)20-13-6-4-3-5-7-13;/h3-10H,11H2,1-2H3,(H3,18,19,20);1H. The number of hydrogen-bond donors (Lipinski definition) is 2. The molecule has 2 rings (SSSR count).